The molecule has 1 N–H and O–H groups in total. The summed E-state index contributed by atoms with van der Waals surface area (Å²) in [5.41, 5.74) is 0. The number of halogens is 1. The zero-order valence-corrected chi connectivity index (χ0v) is 10.3. The number of rotatable bonds is 5. The summed E-state index contributed by atoms with van der Waals surface area (Å²) in [5, 5.41) is 3.66. The lowest BCUT2D eigenvalue weighted by atomic mass is 10.1. The van der Waals surface area contributed by atoms with Crippen molar-refractivity contribution in [2.45, 2.75) is 38.3 Å². The van der Waals surface area contributed by atoms with Gasteiger partial charge >= 0.3 is 0 Å². The SMILES string of the molecule is Brc1ccc(CNC(C2CC2)C2CC2)o1. The van der Waals surface area contributed by atoms with Gasteiger partial charge in [0, 0.05) is 6.04 Å². The van der Waals surface area contributed by atoms with E-state index in [4.69, 9.17) is 4.42 Å². The van der Waals surface area contributed by atoms with Gasteiger partial charge in [0.1, 0.15) is 5.76 Å². The van der Waals surface area contributed by atoms with E-state index >= 15 is 0 Å². The molecule has 0 spiro atoms. The summed E-state index contributed by atoms with van der Waals surface area (Å²) in [6, 6.07) is 4.75. The van der Waals surface area contributed by atoms with E-state index in [1.54, 1.807) is 0 Å². The number of hydrogen-bond acceptors (Lipinski definition) is 2. The predicted molar refractivity (Wildman–Crippen MR) is 62.5 cm³/mol. The van der Waals surface area contributed by atoms with Gasteiger partial charge in [-0.2, -0.15) is 0 Å². The minimum Gasteiger partial charge on any atom is -0.453 e. The van der Waals surface area contributed by atoms with Gasteiger partial charge in [-0.1, -0.05) is 0 Å². The average molecular weight is 270 g/mol. The first kappa shape index (κ1) is 9.91. The minimum atomic E-state index is 0.758. The molecule has 0 unspecified atom stereocenters. The Bertz CT molecular complexity index is 329. The van der Waals surface area contributed by atoms with Crippen molar-refractivity contribution in [3.63, 3.8) is 0 Å². The molecule has 3 rings (SSSR count). The van der Waals surface area contributed by atoms with Crippen LogP contribution in [0.15, 0.2) is 21.2 Å². The molecule has 0 aliphatic heterocycles. The van der Waals surface area contributed by atoms with E-state index in [2.05, 4.69) is 21.2 Å². The lowest BCUT2D eigenvalue weighted by Gasteiger charge is -2.16. The molecule has 82 valence electrons. The Hall–Kier alpha value is -0.280. The van der Waals surface area contributed by atoms with E-state index in [1.807, 2.05) is 12.1 Å². The van der Waals surface area contributed by atoms with Gasteiger partial charge in [0.2, 0.25) is 0 Å². The van der Waals surface area contributed by atoms with Crippen LogP contribution < -0.4 is 5.32 Å². The molecule has 1 heterocycles. The van der Waals surface area contributed by atoms with Crippen molar-refractivity contribution in [3.8, 4) is 0 Å². The van der Waals surface area contributed by atoms with Crippen LogP contribution in [0.1, 0.15) is 31.4 Å². The quantitative estimate of drug-likeness (QED) is 0.887. The van der Waals surface area contributed by atoms with Gasteiger partial charge in [-0.15, -0.1) is 0 Å². The fourth-order valence-corrected chi connectivity index (χ4v) is 2.63. The van der Waals surface area contributed by atoms with E-state index in [0.717, 1.165) is 34.9 Å². The van der Waals surface area contributed by atoms with Gasteiger partial charge in [-0.25, -0.2) is 0 Å². The molecule has 2 aliphatic carbocycles. The molecular formula is C12H16BrNO. The highest BCUT2D eigenvalue weighted by Crippen LogP contribution is 2.44. The van der Waals surface area contributed by atoms with E-state index in [9.17, 15) is 0 Å². The molecule has 2 nitrogen and oxygen atoms in total. The van der Waals surface area contributed by atoms with Crippen LogP contribution in [-0.2, 0) is 6.54 Å². The molecule has 0 saturated heterocycles. The Morgan fingerprint density at radius 2 is 1.93 bits per heavy atom. The first-order valence-electron chi connectivity index (χ1n) is 5.80. The van der Waals surface area contributed by atoms with Crippen LogP contribution in [0.5, 0.6) is 0 Å². The van der Waals surface area contributed by atoms with Crippen LogP contribution in [0, 0.1) is 11.8 Å². The maximum Gasteiger partial charge on any atom is 0.169 e. The molecule has 1 aromatic rings. The maximum atomic E-state index is 5.49. The Kier molecular flexibility index (Phi) is 2.61. The summed E-state index contributed by atoms with van der Waals surface area (Å²) < 4.78 is 6.32. The molecule has 2 fully saturated rings. The van der Waals surface area contributed by atoms with Crippen LogP contribution in [0.4, 0.5) is 0 Å². The van der Waals surface area contributed by atoms with Crippen molar-refractivity contribution in [1.29, 1.82) is 0 Å². The Morgan fingerprint density at radius 1 is 1.27 bits per heavy atom. The second-order valence-corrected chi connectivity index (χ2v) is 5.57. The third-order valence-corrected chi connectivity index (χ3v) is 3.83. The molecule has 0 radical (unpaired) electrons. The molecule has 2 aliphatic rings. The molecule has 15 heavy (non-hydrogen) atoms. The van der Waals surface area contributed by atoms with E-state index in [1.165, 1.54) is 25.7 Å². The summed E-state index contributed by atoms with van der Waals surface area (Å²) in [7, 11) is 0. The van der Waals surface area contributed by atoms with Crippen molar-refractivity contribution < 1.29 is 4.42 Å². The van der Waals surface area contributed by atoms with Crippen LogP contribution in [0.3, 0.4) is 0 Å². The Morgan fingerprint density at radius 3 is 2.40 bits per heavy atom. The van der Waals surface area contributed by atoms with E-state index in [-0.39, 0.29) is 0 Å². The monoisotopic (exact) mass is 269 g/mol. The molecule has 0 bridgehead atoms. The highest BCUT2D eigenvalue weighted by molar-refractivity contribution is 9.10. The topological polar surface area (TPSA) is 25.2 Å². The third kappa shape index (κ3) is 2.45. The van der Waals surface area contributed by atoms with Crippen LogP contribution in [-0.4, -0.2) is 6.04 Å². The van der Waals surface area contributed by atoms with Gasteiger partial charge in [-0.05, 0) is 65.6 Å². The first-order chi connectivity index (χ1) is 7.33. The normalized spacial score (nSPS) is 21.2. The standard InChI is InChI=1S/C12H16BrNO/c13-11-6-5-10(15-11)7-14-12(8-1-2-8)9-3-4-9/h5-6,8-9,12,14H,1-4,7H2. The van der Waals surface area contributed by atoms with E-state index in [0.29, 0.717) is 0 Å². The molecule has 1 aromatic heterocycles. The van der Waals surface area contributed by atoms with Gasteiger partial charge < -0.3 is 9.73 Å². The van der Waals surface area contributed by atoms with E-state index < -0.39 is 0 Å². The molecule has 0 aromatic carbocycles. The number of furan rings is 1. The van der Waals surface area contributed by atoms with Crippen molar-refractivity contribution in [3.05, 3.63) is 22.6 Å². The average Bonchev–Trinajstić information content (AvgIpc) is 3.09. The van der Waals surface area contributed by atoms with Gasteiger partial charge in [0.25, 0.3) is 0 Å². The second-order valence-electron chi connectivity index (χ2n) is 4.79. The highest BCUT2D eigenvalue weighted by atomic mass is 79.9. The van der Waals surface area contributed by atoms with Crippen LogP contribution >= 0.6 is 15.9 Å². The lowest BCUT2D eigenvalue weighted by Crippen LogP contribution is -2.32. The number of hydrogen-bond donors (Lipinski definition) is 1. The third-order valence-electron chi connectivity index (χ3n) is 3.40. The van der Waals surface area contributed by atoms with Crippen LogP contribution in [0.25, 0.3) is 0 Å². The largest absolute Gasteiger partial charge is 0.453 e. The second kappa shape index (κ2) is 3.95. The highest BCUT2D eigenvalue weighted by Gasteiger charge is 2.40. The fraction of sp³-hybridized carbons (Fsp3) is 0.667. The van der Waals surface area contributed by atoms with Crippen molar-refractivity contribution in [1.82, 2.24) is 5.32 Å². The zero-order chi connectivity index (χ0) is 10.3. The summed E-state index contributed by atoms with van der Waals surface area (Å²) in [5.74, 6) is 2.94. The van der Waals surface area contributed by atoms with Crippen molar-refractivity contribution in [2.24, 2.45) is 11.8 Å². The molecule has 2 saturated carbocycles. The van der Waals surface area contributed by atoms with Crippen LogP contribution in [0.2, 0.25) is 0 Å². The minimum absolute atomic E-state index is 0.758. The lowest BCUT2D eigenvalue weighted by molar-refractivity contribution is 0.383. The molecule has 0 atom stereocenters. The maximum absolute atomic E-state index is 5.49. The summed E-state index contributed by atoms with van der Waals surface area (Å²) >= 11 is 3.33. The van der Waals surface area contributed by atoms with Gasteiger partial charge in [-0.3, -0.25) is 0 Å². The Balaban J connectivity index is 1.55. The molecular weight excluding hydrogens is 254 g/mol. The molecule has 0 amide bonds. The summed E-state index contributed by atoms with van der Waals surface area (Å²) in [4.78, 5) is 0. The van der Waals surface area contributed by atoms with Gasteiger partial charge in [0.05, 0.1) is 6.54 Å². The Labute approximate surface area is 98.6 Å². The predicted octanol–water partition coefficient (Wildman–Crippen LogP) is 3.32. The van der Waals surface area contributed by atoms with Gasteiger partial charge in [0.15, 0.2) is 4.67 Å². The van der Waals surface area contributed by atoms with Crippen molar-refractivity contribution in [2.75, 3.05) is 0 Å². The summed E-state index contributed by atoms with van der Waals surface area (Å²) in [6.45, 7) is 0.878. The summed E-state index contributed by atoms with van der Waals surface area (Å²) in [6.07, 6.45) is 5.71. The first-order valence-corrected chi connectivity index (χ1v) is 6.60. The van der Waals surface area contributed by atoms with Crippen molar-refractivity contribution >= 4 is 15.9 Å². The zero-order valence-electron chi connectivity index (χ0n) is 8.71. The fourth-order valence-electron chi connectivity index (χ4n) is 2.29. The molecule has 3 heteroatoms. The smallest absolute Gasteiger partial charge is 0.169 e. The number of nitrogens with one attached hydrogen (secondary N) is 1.